The standard InChI is InChI=1S/C17H25N3O3.C2HF3O2/c1-19(2)16(21)12-23-15-6-5-14-17(15)22-9-8-20(14)11-13-4-3-7-18-10-13;3-2(4,5)1(6)7/h3-4,7,10,14-15,17H,5-6,8-9,11-12H2,1-2H3;(H,6,7)/t14-,15+,17+;/m0./s1. The summed E-state index contributed by atoms with van der Waals surface area (Å²) < 4.78 is 43.5. The highest BCUT2D eigenvalue weighted by atomic mass is 19.4. The van der Waals surface area contributed by atoms with Crippen molar-refractivity contribution in [2.24, 2.45) is 0 Å². The lowest BCUT2D eigenvalue weighted by molar-refractivity contribution is -0.192. The molecule has 11 heteroatoms. The van der Waals surface area contributed by atoms with Gasteiger partial charge in [0.25, 0.3) is 0 Å². The highest BCUT2D eigenvalue weighted by Crippen LogP contribution is 2.32. The largest absolute Gasteiger partial charge is 0.490 e. The summed E-state index contributed by atoms with van der Waals surface area (Å²) in [5, 5.41) is 7.12. The van der Waals surface area contributed by atoms with E-state index in [2.05, 4.69) is 16.0 Å². The Bertz CT molecular complexity index is 702. The molecule has 1 aliphatic heterocycles. The number of likely N-dealkylation sites (N-methyl/N-ethyl adjacent to an activating group) is 1. The molecule has 2 aliphatic rings. The smallest absolute Gasteiger partial charge is 0.475 e. The average Bonchev–Trinajstić information content (AvgIpc) is 3.11. The molecule has 1 aromatic rings. The van der Waals surface area contributed by atoms with E-state index in [9.17, 15) is 18.0 Å². The molecule has 0 unspecified atom stereocenters. The summed E-state index contributed by atoms with van der Waals surface area (Å²) in [7, 11) is 3.49. The van der Waals surface area contributed by atoms with Crippen LogP contribution in [0, 0.1) is 0 Å². The molecule has 1 aliphatic carbocycles. The lowest BCUT2D eigenvalue weighted by Gasteiger charge is -2.39. The first-order valence-corrected chi connectivity index (χ1v) is 9.46. The van der Waals surface area contributed by atoms with Gasteiger partial charge < -0.3 is 19.5 Å². The Morgan fingerprint density at radius 3 is 2.63 bits per heavy atom. The van der Waals surface area contributed by atoms with Gasteiger partial charge in [0, 0.05) is 45.6 Å². The summed E-state index contributed by atoms with van der Waals surface area (Å²) in [5.74, 6) is -2.76. The third-order valence-corrected chi connectivity index (χ3v) is 4.92. The maximum atomic E-state index is 11.7. The zero-order valence-electron chi connectivity index (χ0n) is 16.8. The Labute approximate surface area is 172 Å². The van der Waals surface area contributed by atoms with Crippen LogP contribution in [0.15, 0.2) is 24.5 Å². The third kappa shape index (κ3) is 6.92. The van der Waals surface area contributed by atoms with Gasteiger partial charge in [0.2, 0.25) is 5.91 Å². The second kappa shape index (κ2) is 10.7. The number of morpholine rings is 1. The van der Waals surface area contributed by atoms with Crippen LogP contribution in [0.1, 0.15) is 18.4 Å². The van der Waals surface area contributed by atoms with Crippen LogP contribution in [0.5, 0.6) is 0 Å². The summed E-state index contributed by atoms with van der Waals surface area (Å²) in [4.78, 5) is 28.8. The fourth-order valence-electron chi connectivity index (χ4n) is 3.40. The molecule has 1 saturated heterocycles. The molecule has 0 aromatic carbocycles. The van der Waals surface area contributed by atoms with Gasteiger partial charge in [0.05, 0.1) is 18.8 Å². The molecule has 1 aromatic heterocycles. The Balaban J connectivity index is 0.000000396. The Kier molecular flexibility index (Phi) is 8.56. The molecule has 30 heavy (non-hydrogen) atoms. The molecule has 8 nitrogen and oxygen atoms in total. The minimum atomic E-state index is -5.08. The second-order valence-electron chi connectivity index (χ2n) is 7.25. The van der Waals surface area contributed by atoms with Gasteiger partial charge in [-0.2, -0.15) is 13.2 Å². The summed E-state index contributed by atoms with van der Waals surface area (Å²) in [6.45, 7) is 2.66. The van der Waals surface area contributed by atoms with E-state index in [-0.39, 0.29) is 24.7 Å². The quantitative estimate of drug-likeness (QED) is 0.753. The first-order valence-electron chi connectivity index (χ1n) is 9.46. The molecular formula is C19H26F3N3O5. The number of carbonyl (C=O) groups is 2. The van der Waals surface area contributed by atoms with Crippen LogP contribution in [0.2, 0.25) is 0 Å². The van der Waals surface area contributed by atoms with Gasteiger partial charge in [-0.1, -0.05) is 6.07 Å². The summed E-state index contributed by atoms with van der Waals surface area (Å²) in [6.07, 6.45) is 0.706. The highest BCUT2D eigenvalue weighted by Gasteiger charge is 2.43. The summed E-state index contributed by atoms with van der Waals surface area (Å²) in [6, 6.07) is 4.44. The lowest BCUT2D eigenvalue weighted by atomic mass is 10.1. The molecule has 0 spiro atoms. The molecular weight excluding hydrogens is 407 g/mol. The number of alkyl halides is 3. The molecule has 1 amide bonds. The molecule has 168 valence electrons. The van der Waals surface area contributed by atoms with Crippen molar-refractivity contribution in [2.75, 3.05) is 33.9 Å². The van der Waals surface area contributed by atoms with E-state index in [1.165, 1.54) is 5.56 Å². The molecule has 1 saturated carbocycles. The van der Waals surface area contributed by atoms with E-state index in [0.717, 1.165) is 25.9 Å². The molecule has 1 N–H and O–H groups in total. The number of ether oxygens (including phenoxy) is 2. The van der Waals surface area contributed by atoms with Gasteiger partial charge in [0.15, 0.2) is 0 Å². The average molecular weight is 433 g/mol. The summed E-state index contributed by atoms with van der Waals surface area (Å²) >= 11 is 0. The monoisotopic (exact) mass is 433 g/mol. The van der Waals surface area contributed by atoms with Gasteiger partial charge in [-0.25, -0.2) is 4.79 Å². The van der Waals surface area contributed by atoms with Gasteiger partial charge >= 0.3 is 12.1 Å². The maximum Gasteiger partial charge on any atom is 0.490 e. The number of nitrogens with zero attached hydrogens (tertiary/aromatic N) is 3. The van der Waals surface area contributed by atoms with Crippen molar-refractivity contribution in [2.45, 2.75) is 43.8 Å². The first kappa shape index (κ1) is 24.0. The van der Waals surface area contributed by atoms with E-state index in [4.69, 9.17) is 19.4 Å². The predicted octanol–water partition coefficient (Wildman–Crippen LogP) is 1.55. The SMILES string of the molecule is CN(C)C(=O)CO[C@@H]1CC[C@H]2[C@H]1OCCN2Cc1cccnc1.O=C(O)C(F)(F)F. The van der Waals surface area contributed by atoms with E-state index in [0.29, 0.717) is 12.6 Å². The van der Waals surface area contributed by atoms with Crippen LogP contribution in [0.3, 0.4) is 0 Å². The lowest BCUT2D eigenvalue weighted by Crippen LogP contribution is -2.51. The Morgan fingerprint density at radius 2 is 2.07 bits per heavy atom. The number of carbonyl (C=O) groups excluding carboxylic acids is 1. The van der Waals surface area contributed by atoms with Crippen LogP contribution in [-0.2, 0) is 25.6 Å². The number of aliphatic carboxylic acids is 1. The normalized spacial score (nSPS) is 23.8. The number of rotatable bonds is 5. The van der Waals surface area contributed by atoms with E-state index < -0.39 is 12.1 Å². The van der Waals surface area contributed by atoms with Crippen LogP contribution < -0.4 is 0 Å². The number of carboxylic acids is 1. The van der Waals surface area contributed by atoms with Gasteiger partial charge in [-0.15, -0.1) is 0 Å². The van der Waals surface area contributed by atoms with Crippen molar-refractivity contribution in [1.82, 2.24) is 14.8 Å². The maximum absolute atomic E-state index is 11.7. The number of hydrogen-bond donors (Lipinski definition) is 1. The number of fused-ring (bicyclic) bond motifs is 1. The minimum absolute atomic E-state index is 0.00326. The van der Waals surface area contributed by atoms with E-state index >= 15 is 0 Å². The number of aromatic nitrogens is 1. The Morgan fingerprint density at radius 1 is 1.37 bits per heavy atom. The molecule has 3 rings (SSSR count). The highest BCUT2D eigenvalue weighted by molar-refractivity contribution is 5.76. The number of hydrogen-bond acceptors (Lipinski definition) is 6. The number of amides is 1. The van der Waals surface area contributed by atoms with Crippen LogP contribution in [-0.4, -0.2) is 90.0 Å². The van der Waals surface area contributed by atoms with Gasteiger partial charge in [0.1, 0.15) is 6.61 Å². The number of halogens is 3. The van der Waals surface area contributed by atoms with Crippen molar-refractivity contribution in [3.63, 3.8) is 0 Å². The minimum Gasteiger partial charge on any atom is -0.475 e. The van der Waals surface area contributed by atoms with Gasteiger partial charge in [-0.3, -0.25) is 14.7 Å². The van der Waals surface area contributed by atoms with Crippen molar-refractivity contribution in [3.8, 4) is 0 Å². The van der Waals surface area contributed by atoms with Crippen molar-refractivity contribution in [1.29, 1.82) is 0 Å². The predicted molar refractivity (Wildman–Crippen MR) is 99.5 cm³/mol. The summed E-state index contributed by atoms with van der Waals surface area (Å²) in [5.41, 5.74) is 1.22. The molecule has 0 radical (unpaired) electrons. The zero-order valence-corrected chi connectivity index (χ0v) is 16.8. The Hall–Kier alpha value is -2.24. The second-order valence-corrected chi connectivity index (χ2v) is 7.25. The number of pyridine rings is 1. The van der Waals surface area contributed by atoms with Gasteiger partial charge in [-0.05, 0) is 24.5 Å². The third-order valence-electron chi connectivity index (χ3n) is 4.92. The fourth-order valence-corrected chi connectivity index (χ4v) is 3.40. The van der Waals surface area contributed by atoms with E-state index in [1.807, 2.05) is 12.3 Å². The molecule has 3 atom stereocenters. The van der Waals surface area contributed by atoms with Crippen LogP contribution in [0.25, 0.3) is 0 Å². The molecule has 0 bridgehead atoms. The van der Waals surface area contributed by atoms with Crippen LogP contribution >= 0.6 is 0 Å². The van der Waals surface area contributed by atoms with Crippen LogP contribution in [0.4, 0.5) is 13.2 Å². The molecule has 2 heterocycles. The molecule has 2 fully saturated rings. The van der Waals surface area contributed by atoms with Crippen molar-refractivity contribution < 1.29 is 37.3 Å². The van der Waals surface area contributed by atoms with E-state index in [1.54, 1.807) is 25.2 Å². The zero-order chi connectivity index (χ0) is 22.3. The first-order chi connectivity index (χ1) is 14.1. The number of carboxylic acid groups (broad SMARTS) is 1. The fraction of sp³-hybridized carbons (Fsp3) is 0.632. The van der Waals surface area contributed by atoms with Crippen molar-refractivity contribution in [3.05, 3.63) is 30.1 Å². The van der Waals surface area contributed by atoms with Crippen molar-refractivity contribution >= 4 is 11.9 Å². The topological polar surface area (TPSA) is 92.2 Å².